The smallest absolute Gasteiger partial charge is 0.410 e. The summed E-state index contributed by atoms with van der Waals surface area (Å²) in [6.45, 7) is 7.97. The van der Waals surface area contributed by atoms with Gasteiger partial charge in [-0.1, -0.05) is 12.1 Å². The van der Waals surface area contributed by atoms with E-state index in [9.17, 15) is 9.59 Å². The van der Waals surface area contributed by atoms with Crippen molar-refractivity contribution < 1.29 is 14.3 Å². The quantitative estimate of drug-likeness (QED) is 0.420. The van der Waals surface area contributed by atoms with Crippen LogP contribution < -0.4 is 16.0 Å². The van der Waals surface area contributed by atoms with Crippen LogP contribution in [0, 0.1) is 0 Å². The Morgan fingerprint density at radius 2 is 1.77 bits per heavy atom. The Morgan fingerprint density at radius 1 is 0.977 bits per heavy atom. The van der Waals surface area contributed by atoms with E-state index in [0.29, 0.717) is 31.6 Å². The largest absolute Gasteiger partial charge is 0.444 e. The molecule has 3 N–H and O–H groups in total. The third-order valence-electron chi connectivity index (χ3n) is 8.93. The molecule has 2 amide bonds. The Morgan fingerprint density at radius 3 is 2.52 bits per heavy atom. The number of nitrogen functional groups attached to an aromatic ring is 1. The molecule has 0 saturated carbocycles. The van der Waals surface area contributed by atoms with Crippen molar-refractivity contribution in [2.24, 2.45) is 7.05 Å². The van der Waals surface area contributed by atoms with E-state index >= 15 is 0 Å². The minimum absolute atomic E-state index is 0.163. The minimum Gasteiger partial charge on any atom is -0.444 e. The standard InChI is InChI=1S/C32H43N9O3/c1-37-12-14-39(15-13-37)19-23-5-7-27(8-6-23)40-10-3-4-28(22-40)44-32(43)41-11-9-26(21-41)36-31(42)29-16-24(17-34-30(29)33)25-18-35-38(2)20-25/h5-8,16-18,20,26,28H,3-4,9-15,19,21-22H2,1-2H3,(H2,33,34)(H,36,42)/t26-,28?/m1/s1. The van der Waals surface area contributed by atoms with Crippen molar-refractivity contribution in [3.8, 4) is 11.1 Å². The summed E-state index contributed by atoms with van der Waals surface area (Å²) in [5, 5.41) is 7.21. The summed E-state index contributed by atoms with van der Waals surface area (Å²) in [6, 6.07) is 10.4. The summed E-state index contributed by atoms with van der Waals surface area (Å²) < 4.78 is 7.66. The molecule has 12 heteroatoms. The molecule has 3 fully saturated rings. The average Bonchev–Trinajstić information content (AvgIpc) is 3.68. The fraction of sp³-hybridized carbons (Fsp3) is 0.500. The maximum Gasteiger partial charge on any atom is 0.410 e. The zero-order valence-electron chi connectivity index (χ0n) is 25.7. The highest BCUT2D eigenvalue weighted by atomic mass is 16.6. The van der Waals surface area contributed by atoms with Crippen LogP contribution >= 0.6 is 0 Å². The lowest BCUT2D eigenvalue weighted by Crippen LogP contribution is -2.44. The molecule has 6 rings (SSSR count). The van der Waals surface area contributed by atoms with Gasteiger partial charge in [0.25, 0.3) is 5.91 Å². The van der Waals surface area contributed by atoms with E-state index in [2.05, 4.69) is 61.4 Å². The van der Waals surface area contributed by atoms with Gasteiger partial charge in [-0.2, -0.15) is 5.10 Å². The fourth-order valence-corrected chi connectivity index (χ4v) is 6.25. The number of nitrogens with zero attached hydrogens (tertiary/aromatic N) is 7. The summed E-state index contributed by atoms with van der Waals surface area (Å²) in [6.07, 6.45) is 7.16. The van der Waals surface area contributed by atoms with E-state index in [-0.39, 0.29) is 30.0 Å². The Balaban J connectivity index is 0.981. The Labute approximate surface area is 258 Å². The highest BCUT2D eigenvalue weighted by Crippen LogP contribution is 2.25. The van der Waals surface area contributed by atoms with Crippen LogP contribution in [-0.2, 0) is 18.3 Å². The molecule has 44 heavy (non-hydrogen) atoms. The molecule has 2 aromatic heterocycles. The zero-order chi connectivity index (χ0) is 30.6. The third kappa shape index (κ3) is 7.13. The number of piperazine rings is 1. The first kappa shape index (κ1) is 29.9. The van der Waals surface area contributed by atoms with Crippen molar-refractivity contribution in [2.45, 2.75) is 38.0 Å². The van der Waals surface area contributed by atoms with Crippen LogP contribution in [0.2, 0.25) is 0 Å². The van der Waals surface area contributed by atoms with Gasteiger partial charge in [-0.25, -0.2) is 9.78 Å². The molecule has 0 radical (unpaired) electrons. The lowest BCUT2D eigenvalue weighted by atomic mass is 10.1. The molecule has 3 aliphatic heterocycles. The maximum atomic E-state index is 13.1. The Kier molecular flexibility index (Phi) is 8.99. The van der Waals surface area contributed by atoms with Crippen LogP contribution in [-0.4, -0.2) is 113 Å². The van der Waals surface area contributed by atoms with Crippen LogP contribution in [0.4, 0.5) is 16.3 Å². The predicted molar refractivity (Wildman–Crippen MR) is 169 cm³/mol. The lowest BCUT2D eigenvalue weighted by Gasteiger charge is -2.35. The number of anilines is 2. The maximum absolute atomic E-state index is 13.1. The summed E-state index contributed by atoms with van der Waals surface area (Å²) in [5.41, 5.74) is 10.5. The lowest BCUT2D eigenvalue weighted by molar-refractivity contribution is 0.0608. The number of aromatic nitrogens is 3. The number of piperidine rings is 1. The van der Waals surface area contributed by atoms with Gasteiger partial charge in [0.1, 0.15) is 11.9 Å². The van der Waals surface area contributed by atoms with Crippen LogP contribution in [0.1, 0.15) is 35.2 Å². The van der Waals surface area contributed by atoms with Gasteiger partial charge in [0.15, 0.2) is 0 Å². The second-order valence-corrected chi connectivity index (χ2v) is 12.3. The number of carbonyl (C=O) groups excluding carboxylic acids is 2. The number of aryl methyl sites for hydroxylation is 1. The van der Waals surface area contributed by atoms with Gasteiger partial charge in [0.05, 0.1) is 18.3 Å². The predicted octanol–water partition coefficient (Wildman–Crippen LogP) is 2.42. The molecular formula is C32H43N9O3. The fourth-order valence-electron chi connectivity index (χ4n) is 6.25. The van der Waals surface area contributed by atoms with Crippen LogP contribution in [0.3, 0.4) is 0 Å². The molecule has 3 saturated heterocycles. The molecule has 0 aliphatic carbocycles. The third-order valence-corrected chi connectivity index (χ3v) is 8.93. The molecule has 1 unspecified atom stereocenters. The Hall–Kier alpha value is -4.16. The molecule has 3 aliphatic rings. The molecule has 234 valence electrons. The molecular weight excluding hydrogens is 558 g/mol. The number of hydrogen-bond donors (Lipinski definition) is 2. The number of benzene rings is 1. The van der Waals surface area contributed by atoms with Crippen molar-refractivity contribution in [3.63, 3.8) is 0 Å². The number of pyridine rings is 1. The zero-order valence-corrected chi connectivity index (χ0v) is 25.7. The van der Waals surface area contributed by atoms with E-state index in [0.717, 1.165) is 68.9 Å². The summed E-state index contributed by atoms with van der Waals surface area (Å²) in [7, 11) is 4.01. The van der Waals surface area contributed by atoms with Gasteiger partial charge in [-0.05, 0) is 50.1 Å². The number of nitrogens with one attached hydrogen (secondary N) is 1. The van der Waals surface area contributed by atoms with Gasteiger partial charge >= 0.3 is 6.09 Å². The number of ether oxygens (including phenoxy) is 1. The van der Waals surface area contributed by atoms with Crippen molar-refractivity contribution >= 4 is 23.5 Å². The number of carbonyl (C=O) groups is 2. The number of nitrogens with two attached hydrogens (primary N) is 1. The number of likely N-dealkylation sites (tertiary alicyclic amines) is 1. The first-order valence-corrected chi connectivity index (χ1v) is 15.6. The topological polar surface area (TPSA) is 125 Å². The summed E-state index contributed by atoms with van der Waals surface area (Å²) >= 11 is 0. The van der Waals surface area contributed by atoms with Crippen molar-refractivity contribution in [2.75, 3.05) is 70.0 Å². The van der Waals surface area contributed by atoms with Gasteiger partial charge < -0.3 is 30.5 Å². The summed E-state index contributed by atoms with van der Waals surface area (Å²) in [5.74, 6) is -0.144. The normalized spacial score (nSPS) is 21.4. The SMILES string of the molecule is CN1CCN(Cc2ccc(N3CCCC(OC(=O)N4CC[C@@H](NC(=O)c5cc(-c6cnn(C)c6)cnc5N)C4)C3)cc2)CC1. The van der Waals surface area contributed by atoms with Gasteiger partial charge in [-0.15, -0.1) is 0 Å². The number of rotatable bonds is 7. The van der Waals surface area contributed by atoms with E-state index in [1.54, 1.807) is 28.0 Å². The molecule has 0 spiro atoms. The minimum atomic E-state index is -0.323. The number of likely N-dealkylation sites (N-methyl/N-ethyl adjacent to an activating group) is 1. The van der Waals surface area contributed by atoms with Crippen molar-refractivity contribution in [1.82, 2.24) is 34.8 Å². The Bertz CT molecular complexity index is 1450. The van der Waals surface area contributed by atoms with Crippen LogP contribution in [0.15, 0.2) is 48.9 Å². The van der Waals surface area contributed by atoms with E-state index in [1.165, 1.54) is 5.56 Å². The molecule has 1 aromatic carbocycles. The van der Waals surface area contributed by atoms with Gasteiger partial charge in [0.2, 0.25) is 0 Å². The average molecular weight is 602 g/mol. The molecule has 0 bridgehead atoms. The van der Waals surface area contributed by atoms with Crippen molar-refractivity contribution in [1.29, 1.82) is 0 Å². The highest BCUT2D eigenvalue weighted by Gasteiger charge is 2.32. The number of amides is 2. The van der Waals surface area contributed by atoms with Gasteiger partial charge in [0, 0.05) is 94.7 Å². The number of hydrogen-bond acceptors (Lipinski definition) is 9. The van der Waals surface area contributed by atoms with Crippen LogP contribution in [0.5, 0.6) is 0 Å². The van der Waals surface area contributed by atoms with Crippen LogP contribution in [0.25, 0.3) is 11.1 Å². The van der Waals surface area contributed by atoms with Gasteiger partial charge in [-0.3, -0.25) is 14.4 Å². The molecule has 12 nitrogen and oxygen atoms in total. The first-order valence-electron chi connectivity index (χ1n) is 15.6. The van der Waals surface area contributed by atoms with E-state index in [4.69, 9.17) is 10.5 Å². The second-order valence-electron chi connectivity index (χ2n) is 12.3. The van der Waals surface area contributed by atoms with E-state index in [1.807, 2.05) is 13.2 Å². The summed E-state index contributed by atoms with van der Waals surface area (Å²) in [4.78, 5) is 39.3. The van der Waals surface area contributed by atoms with E-state index < -0.39 is 0 Å². The van der Waals surface area contributed by atoms with Crippen molar-refractivity contribution in [3.05, 3.63) is 60.0 Å². The first-order chi connectivity index (χ1) is 21.3. The highest BCUT2D eigenvalue weighted by molar-refractivity contribution is 5.99. The monoisotopic (exact) mass is 601 g/mol. The molecule has 5 heterocycles. The molecule has 2 atom stereocenters. The molecule has 3 aromatic rings. The second kappa shape index (κ2) is 13.2.